The second-order valence-electron chi connectivity index (χ2n) is 9.20. The maximum Gasteiger partial charge on any atom is 0.0419 e. The summed E-state index contributed by atoms with van der Waals surface area (Å²) in [4.78, 5) is 0. The van der Waals surface area contributed by atoms with Gasteiger partial charge in [0.1, 0.15) is 0 Å². The molecule has 1 heteroatoms. The molecule has 0 unspecified atom stereocenters. The van der Waals surface area contributed by atoms with Gasteiger partial charge >= 0.3 is 0 Å². The number of hydrogen-bond donors (Lipinski definition) is 1. The molecular formula is C30H47N. The van der Waals surface area contributed by atoms with E-state index in [1.165, 1.54) is 113 Å². The van der Waals surface area contributed by atoms with E-state index in [2.05, 4.69) is 68.6 Å². The van der Waals surface area contributed by atoms with Crippen LogP contribution in [0, 0.1) is 0 Å². The molecule has 2 aromatic rings. The van der Waals surface area contributed by atoms with E-state index in [0.717, 1.165) is 0 Å². The van der Waals surface area contributed by atoms with Crippen LogP contribution in [0.25, 0.3) is 0 Å². The first-order chi connectivity index (χ1) is 15.3. The number of hydrogen-bond acceptors (Lipinski definition) is 1. The van der Waals surface area contributed by atoms with Crippen LogP contribution < -0.4 is 5.32 Å². The van der Waals surface area contributed by atoms with Crippen molar-refractivity contribution in [2.24, 2.45) is 0 Å². The normalized spacial score (nSPS) is 11.1. The summed E-state index contributed by atoms with van der Waals surface area (Å²) in [5.41, 5.74) is 7.15. The van der Waals surface area contributed by atoms with Crippen LogP contribution in [0.2, 0.25) is 0 Å². The van der Waals surface area contributed by atoms with E-state index in [4.69, 9.17) is 0 Å². The quantitative estimate of drug-likeness (QED) is 0.251. The lowest BCUT2D eigenvalue weighted by molar-refractivity contribution is 0.651. The van der Waals surface area contributed by atoms with Crippen LogP contribution in [-0.2, 0) is 19.3 Å². The number of benzene rings is 2. The predicted octanol–water partition coefficient (Wildman–Crippen LogP) is 9.80. The first-order valence-electron chi connectivity index (χ1n) is 13.2. The minimum atomic E-state index is 1.19. The van der Waals surface area contributed by atoms with E-state index in [-0.39, 0.29) is 0 Å². The molecule has 0 saturated heterocycles. The molecule has 172 valence electrons. The van der Waals surface area contributed by atoms with Crippen LogP contribution in [0.15, 0.2) is 42.5 Å². The fourth-order valence-corrected chi connectivity index (χ4v) is 4.47. The van der Waals surface area contributed by atoms with Crippen LogP contribution in [0.3, 0.4) is 0 Å². The second-order valence-corrected chi connectivity index (χ2v) is 9.20. The summed E-state index contributed by atoms with van der Waals surface area (Å²) >= 11 is 0. The number of aryl methyl sites for hydroxylation is 2. The van der Waals surface area contributed by atoms with Crippen LogP contribution in [0.4, 0.5) is 11.4 Å². The Morgan fingerprint density at radius 2 is 1.19 bits per heavy atom. The molecular weight excluding hydrogens is 374 g/mol. The first kappa shape index (κ1) is 25.5. The molecule has 1 N–H and O–H groups in total. The lowest BCUT2D eigenvalue weighted by atomic mass is 9.95. The molecule has 0 aliphatic carbocycles. The van der Waals surface area contributed by atoms with Gasteiger partial charge in [0.15, 0.2) is 0 Å². The molecule has 0 aliphatic rings. The van der Waals surface area contributed by atoms with Gasteiger partial charge < -0.3 is 5.32 Å². The minimum Gasteiger partial charge on any atom is -0.355 e. The Morgan fingerprint density at radius 1 is 0.581 bits per heavy atom. The van der Waals surface area contributed by atoms with Crippen molar-refractivity contribution in [3.05, 3.63) is 59.2 Å². The van der Waals surface area contributed by atoms with Gasteiger partial charge in [-0.05, 0) is 73.4 Å². The smallest absolute Gasteiger partial charge is 0.0419 e. The summed E-state index contributed by atoms with van der Waals surface area (Å²) in [5.74, 6) is 0. The van der Waals surface area contributed by atoms with Gasteiger partial charge in [0.05, 0.1) is 0 Å². The molecule has 0 aromatic heterocycles. The fourth-order valence-electron chi connectivity index (χ4n) is 4.47. The monoisotopic (exact) mass is 421 g/mol. The van der Waals surface area contributed by atoms with Gasteiger partial charge in [-0.2, -0.15) is 0 Å². The highest BCUT2D eigenvalue weighted by molar-refractivity contribution is 5.65. The van der Waals surface area contributed by atoms with Crippen molar-refractivity contribution in [3.8, 4) is 0 Å². The third kappa shape index (κ3) is 9.93. The number of nitrogens with one attached hydrogen (secondary N) is 1. The molecule has 0 fully saturated rings. The van der Waals surface area contributed by atoms with Crippen LogP contribution in [0.1, 0.15) is 115 Å². The Balaban J connectivity index is 2.10. The molecule has 2 rings (SSSR count). The maximum absolute atomic E-state index is 3.80. The summed E-state index contributed by atoms with van der Waals surface area (Å²) in [5, 5.41) is 3.80. The van der Waals surface area contributed by atoms with Gasteiger partial charge in [0, 0.05) is 11.4 Å². The van der Waals surface area contributed by atoms with Crippen molar-refractivity contribution < 1.29 is 0 Å². The predicted molar refractivity (Wildman–Crippen MR) is 140 cm³/mol. The number of unbranched alkanes of at least 4 members (excludes halogenated alkanes) is 9. The molecule has 0 atom stereocenters. The zero-order valence-corrected chi connectivity index (χ0v) is 20.6. The van der Waals surface area contributed by atoms with E-state index >= 15 is 0 Å². The topological polar surface area (TPSA) is 12.0 Å². The number of rotatable bonds is 17. The minimum absolute atomic E-state index is 1.19. The average Bonchev–Trinajstić information content (AvgIpc) is 2.79. The highest BCUT2D eigenvalue weighted by Gasteiger charge is 2.09. The Labute approximate surface area is 193 Å². The van der Waals surface area contributed by atoms with Gasteiger partial charge in [0.2, 0.25) is 0 Å². The van der Waals surface area contributed by atoms with Gasteiger partial charge in [-0.3, -0.25) is 0 Å². The first-order valence-corrected chi connectivity index (χ1v) is 13.2. The summed E-state index contributed by atoms with van der Waals surface area (Å²) in [7, 11) is 0. The molecule has 0 spiro atoms. The third-order valence-corrected chi connectivity index (χ3v) is 6.38. The summed E-state index contributed by atoms with van der Waals surface area (Å²) in [6.45, 7) is 6.87. The lowest BCUT2D eigenvalue weighted by Gasteiger charge is -2.17. The molecule has 0 saturated carbocycles. The summed E-state index contributed by atoms with van der Waals surface area (Å²) in [6, 6.07) is 16.0. The highest BCUT2D eigenvalue weighted by atomic mass is 14.9. The number of anilines is 2. The largest absolute Gasteiger partial charge is 0.355 e. The standard InChI is InChI=1S/C30H47N/c1-4-7-10-13-18-26-19-16-22-28(25-26)31-30-24-17-21-27(20-14-11-8-5-2)29(30)23-15-12-9-6-3/h16-17,19,21-22,24-25,31H,4-15,18,20,23H2,1-3H3. The second kappa shape index (κ2) is 16.0. The van der Waals surface area contributed by atoms with Gasteiger partial charge in [-0.15, -0.1) is 0 Å². The van der Waals surface area contributed by atoms with Crippen LogP contribution in [-0.4, -0.2) is 0 Å². The Morgan fingerprint density at radius 3 is 1.87 bits per heavy atom. The van der Waals surface area contributed by atoms with E-state index in [1.54, 1.807) is 11.1 Å². The third-order valence-electron chi connectivity index (χ3n) is 6.38. The SMILES string of the molecule is CCCCCCc1cccc(Nc2cccc(CCCCCC)c2CCCCCC)c1. The Hall–Kier alpha value is -1.76. The lowest BCUT2D eigenvalue weighted by Crippen LogP contribution is -2.02. The summed E-state index contributed by atoms with van der Waals surface area (Å²) in [6.07, 6.45) is 19.5. The van der Waals surface area contributed by atoms with Crippen molar-refractivity contribution >= 4 is 11.4 Å². The Bertz CT molecular complexity index is 718. The fraction of sp³-hybridized carbons (Fsp3) is 0.600. The maximum atomic E-state index is 3.80. The van der Waals surface area contributed by atoms with Crippen molar-refractivity contribution in [1.29, 1.82) is 0 Å². The van der Waals surface area contributed by atoms with Crippen molar-refractivity contribution in [2.45, 2.75) is 117 Å². The molecule has 0 bridgehead atoms. The van der Waals surface area contributed by atoms with Crippen LogP contribution in [0.5, 0.6) is 0 Å². The van der Waals surface area contributed by atoms with Gasteiger partial charge in [-0.1, -0.05) is 103 Å². The molecule has 0 radical (unpaired) electrons. The van der Waals surface area contributed by atoms with E-state index in [1.807, 2.05) is 0 Å². The molecule has 2 aromatic carbocycles. The van der Waals surface area contributed by atoms with Crippen molar-refractivity contribution in [2.75, 3.05) is 5.32 Å². The summed E-state index contributed by atoms with van der Waals surface area (Å²) < 4.78 is 0. The average molecular weight is 422 g/mol. The van der Waals surface area contributed by atoms with E-state index in [0.29, 0.717) is 0 Å². The molecule has 31 heavy (non-hydrogen) atoms. The van der Waals surface area contributed by atoms with Crippen molar-refractivity contribution in [1.82, 2.24) is 0 Å². The zero-order chi connectivity index (χ0) is 22.2. The van der Waals surface area contributed by atoms with Crippen LogP contribution >= 0.6 is 0 Å². The molecule has 0 aliphatic heterocycles. The Kier molecular flexibility index (Phi) is 13.1. The van der Waals surface area contributed by atoms with E-state index in [9.17, 15) is 0 Å². The zero-order valence-electron chi connectivity index (χ0n) is 20.6. The molecule has 0 heterocycles. The van der Waals surface area contributed by atoms with Crippen molar-refractivity contribution in [3.63, 3.8) is 0 Å². The molecule has 1 nitrogen and oxygen atoms in total. The highest BCUT2D eigenvalue weighted by Crippen LogP contribution is 2.28. The van der Waals surface area contributed by atoms with E-state index < -0.39 is 0 Å². The van der Waals surface area contributed by atoms with Gasteiger partial charge in [0.25, 0.3) is 0 Å². The van der Waals surface area contributed by atoms with Gasteiger partial charge in [-0.25, -0.2) is 0 Å². The molecule has 0 amide bonds.